The standard InChI is InChI=1S/C67H64N4/c1-48-8-22-56(23-9-48)68(57-24-10-49(2)11-25-57)62-36-38-63(39-37-62)70(60-30-16-52(5)17-31-60)61-34-20-54(21-35-61)55-44-46-67(7,47-45-55)71(65-32-18-53(6)19-33-65)66-42-40-64(41-43-66)69(58-26-12-50(3)13-27-58)59-28-14-51(4)15-29-59/h8-10,12-46,49H,11,47H2,1-7H3. The van der Waals surface area contributed by atoms with Crippen LogP contribution in [0.15, 0.2) is 236 Å². The van der Waals surface area contributed by atoms with Gasteiger partial charge >= 0.3 is 0 Å². The molecule has 71 heavy (non-hydrogen) atoms. The lowest BCUT2D eigenvalue weighted by molar-refractivity contribution is 0.571. The molecule has 10 rings (SSSR count). The normalized spacial score (nSPS) is 16.2. The first-order valence-electron chi connectivity index (χ1n) is 25.1. The van der Waals surface area contributed by atoms with E-state index < -0.39 is 0 Å². The highest BCUT2D eigenvalue weighted by Crippen LogP contribution is 2.44. The van der Waals surface area contributed by atoms with E-state index in [1.54, 1.807) is 0 Å². The van der Waals surface area contributed by atoms with Gasteiger partial charge in [-0.2, -0.15) is 0 Å². The van der Waals surface area contributed by atoms with Gasteiger partial charge in [0.2, 0.25) is 0 Å². The first kappa shape index (κ1) is 46.6. The van der Waals surface area contributed by atoms with Gasteiger partial charge in [-0.1, -0.05) is 138 Å². The maximum absolute atomic E-state index is 2.50. The highest BCUT2D eigenvalue weighted by atomic mass is 15.2. The Bertz CT molecular complexity index is 3170. The quantitative estimate of drug-likeness (QED) is 0.114. The van der Waals surface area contributed by atoms with Crippen LogP contribution < -0.4 is 19.6 Å². The summed E-state index contributed by atoms with van der Waals surface area (Å²) in [6, 6.07) is 71.4. The lowest BCUT2D eigenvalue weighted by atomic mass is 9.85. The van der Waals surface area contributed by atoms with Gasteiger partial charge in [0.1, 0.15) is 0 Å². The molecule has 0 saturated heterocycles. The summed E-state index contributed by atoms with van der Waals surface area (Å²) in [5.41, 5.74) is 20.8. The van der Waals surface area contributed by atoms with Crippen LogP contribution in [0, 0.1) is 40.5 Å². The number of aryl methyl sites for hydroxylation is 5. The molecule has 2 unspecified atom stereocenters. The third kappa shape index (κ3) is 10.2. The predicted octanol–water partition coefficient (Wildman–Crippen LogP) is 18.7. The van der Waals surface area contributed by atoms with Gasteiger partial charge in [-0.25, -0.2) is 0 Å². The molecule has 0 spiro atoms. The Kier molecular flexibility index (Phi) is 13.2. The maximum Gasteiger partial charge on any atom is 0.0643 e. The third-order valence-electron chi connectivity index (χ3n) is 14.1. The lowest BCUT2D eigenvalue weighted by Crippen LogP contribution is -2.42. The Morgan fingerprint density at radius 3 is 1.00 bits per heavy atom. The second kappa shape index (κ2) is 20.1. The molecule has 0 saturated carbocycles. The zero-order valence-electron chi connectivity index (χ0n) is 42.2. The molecule has 0 N–H and O–H groups in total. The van der Waals surface area contributed by atoms with Crippen LogP contribution in [0.1, 0.15) is 60.1 Å². The molecule has 0 heterocycles. The van der Waals surface area contributed by atoms with E-state index in [1.165, 1.54) is 44.7 Å². The Labute approximate surface area is 422 Å². The van der Waals surface area contributed by atoms with E-state index in [1.807, 2.05) is 0 Å². The molecule has 4 heteroatoms. The molecule has 0 fully saturated rings. The van der Waals surface area contributed by atoms with E-state index in [0.29, 0.717) is 5.92 Å². The fourth-order valence-electron chi connectivity index (χ4n) is 9.84. The van der Waals surface area contributed by atoms with Crippen LogP contribution in [0.25, 0.3) is 5.57 Å². The largest absolute Gasteiger partial charge is 0.332 e. The van der Waals surface area contributed by atoms with E-state index in [4.69, 9.17) is 0 Å². The fourth-order valence-corrected chi connectivity index (χ4v) is 9.84. The number of hydrogen-bond donors (Lipinski definition) is 0. The van der Waals surface area contributed by atoms with Crippen molar-refractivity contribution >= 4 is 62.4 Å². The zero-order valence-corrected chi connectivity index (χ0v) is 42.2. The number of benzene rings is 8. The van der Waals surface area contributed by atoms with Gasteiger partial charge < -0.3 is 19.6 Å². The summed E-state index contributed by atoms with van der Waals surface area (Å²) in [7, 11) is 0. The summed E-state index contributed by atoms with van der Waals surface area (Å²) in [5.74, 6) is 0.539. The third-order valence-corrected chi connectivity index (χ3v) is 14.1. The Morgan fingerprint density at radius 2 is 0.676 bits per heavy atom. The first-order chi connectivity index (χ1) is 34.5. The molecule has 352 valence electrons. The molecular weight excluding hydrogens is 861 g/mol. The van der Waals surface area contributed by atoms with Gasteiger partial charge in [0.15, 0.2) is 0 Å². The fraction of sp³-hybridized carbons (Fsp3) is 0.164. The van der Waals surface area contributed by atoms with Crippen molar-refractivity contribution in [2.75, 3.05) is 19.6 Å². The summed E-state index contributed by atoms with van der Waals surface area (Å²) < 4.78 is 0. The highest BCUT2D eigenvalue weighted by Gasteiger charge is 2.32. The number of allylic oxidation sites excluding steroid dienone is 5. The van der Waals surface area contributed by atoms with Crippen molar-refractivity contribution < 1.29 is 0 Å². The van der Waals surface area contributed by atoms with Crippen molar-refractivity contribution in [2.24, 2.45) is 5.92 Å². The summed E-state index contributed by atoms with van der Waals surface area (Å²) >= 11 is 0. The van der Waals surface area contributed by atoms with Gasteiger partial charge in [-0.15, -0.1) is 0 Å². The van der Waals surface area contributed by atoms with Crippen LogP contribution >= 0.6 is 0 Å². The Morgan fingerprint density at radius 1 is 0.366 bits per heavy atom. The van der Waals surface area contributed by atoms with Gasteiger partial charge in [0, 0.05) is 62.6 Å². The first-order valence-corrected chi connectivity index (χ1v) is 25.1. The minimum atomic E-state index is -0.320. The number of rotatable bonds is 13. The van der Waals surface area contributed by atoms with Crippen molar-refractivity contribution in [3.63, 3.8) is 0 Å². The van der Waals surface area contributed by atoms with E-state index in [2.05, 4.69) is 299 Å². The van der Waals surface area contributed by atoms with Crippen molar-refractivity contribution in [2.45, 2.75) is 66.8 Å². The Hall–Kier alpha value is -8.08. The zero-order chi connectivity index (χ0) is 49.1. The molecule has 2 aliphatic carbocycles. The van der Waals surface area contributed by atoms with Crippen molar-refractivity contribution in [3.05, 3.63) is 270 Å². The van der Waals surface area contributed by atoms with Crippen LogP contribution in [0.4, 0.5) is 56.9 Å². The van der Waals surface area contributed by atoms with E-state index in [-0.39, 0.29) is 5.54 Å². The number of nitrogens with zero attached hydrogens (tertiary/aromatic N) is 4. The minimum absolute atomic E-state index is 0.320. The van der Waals surface area contributed by atoms with Crippen molar-refractivity contribution in [3.8, 4) is 0 Å². The molecule has 0 aliphatic heterocycles. The summed E-state index contributed by atoms with van der Waals surface area (Å²) in [5, 5.41) is 0. The summed E-state index contributed by atoms with van der Waals surface area (Å²) in [6.07, 6.45) is 15.9. The number of anilines is 10. The Balaban J connectivity index is 0.930. The van der Waals surface area contributed by atoms with Crippen molar-refractivity contribution in [1.82, 2.24) is 0 Å². The molecule has 0 amide bonds. The predicted molar refractivity (Wildman–Crippen MR) is 304 cm³/mol. The van der Waals surface area contributed by atoms with E-state index >= 15 is 0 Å². The van der Waals surface area contributed by atoms with Crippen LogP contribution in [-0.4, -0.2) is 5.54 Å². The molecule has 0 radical (unpaired) electrons. The van der Waals surface area contributed by atoms with E-state index in [9.17, 15) is 0 Å². The second-order valence-electron chi connectivity index (χ2n) is 19.9. The molecular formula is C67H64N4. The average Bonchev–Trinajstić information content (AvgIpc) is 3.39. The van der Waals surface area contributed by atoms with E-state index in [0.717, 1.165) is 69.7 Å². The van der Waals surface area contributed by atoms with Gasteiger partial charge in [-0.3, -0.25) is 0 Å². The van der Waals surface area contributed by atoms with Gasteiger partial charge in [0.05, 0.1) is 5.54 Å². The number of hydrogen-bond acceptors (Lipinski definition) is 4. The monoisotopic (exact) mass is 925 g/mol. The van der Waals surface area contributed by atoms with Gasteiger partial charge in [-0.05, 0) is 199 Å². The molecule has 2 atom stereocenters. The molecule has 4 nitrogen and oxygen atoms in total. The van der Waals surface area contributed by atoms with Crippen LogP contribution in [0.5, 0.6) is 0 Å². The van der Waals surface area contributed by atoms with Crippen LogP contribution in [0.2, 0.25) is 0 Å². The molecule has 8 aromatic carbocycles. The van der Waals surface area contributed by atoms with Crippen LogP contribution in [0.3, 0.4) is 0 Å². The van der Waals surface area contributed by atoms with Gasteiger partial charge in [0.25, 0.3) is 0 Å². The maximum atomic E-state index is 2.50. The topological polar surface area (TPSA) is 13.0 Å². The van der Waals surface area contributed by atoms with Crippen molar-refractivity contribution in [1.29, 1.82) is 0 Å². The summed E-state index contributed by atoms with van der Waals surface area (Å²) in [6.45, 7) is 15.3. The molecule has 2 aliphatic rings. The smallest absolute Gasteiger partial charge is 0.0643 e. The average molecular weight is 925 g/mol. The SMILES string of the molecule is Cc1ccc(N(C2=CCC(C)C=C2)c2ccc(N(c3ccc(C)cc3)c3ccc(C4=CCC(C)(N(c5ccc(C)cc5)c5ccc(N(c6ccc(C)cc6)c6ccc(C)cc6)cc5)C=C4)cc3)cc2)cc1. The molecule has 0 bridgehead atoms. The lowest BCUT2D eigenvalue weighted by Gasteiger charge is -2.42. The molecule has 8 aromatic rings. The van der Waals surface area contributed by atoms with Crippen LogP contribution in [-0.2, 0) is 0 Å². The highest BCUT2D eigenvalue weighted by molar-refractivity contribution is 5.84. The molecule has 0 aromatic heterocycles. The minimum Gasteiger partial charge on any atom is -0.332 e. The summed E-state index contributed by atoms with van der Waals surface area (Å²) in [4.78, 5) is 9.57. The second-order valence-corrected chi connectivity index (χ2v) is 19.9.